The molecular weight excluding hydrogens is 560 g/mol. The summed E-state index contributed by atoms with van der Waals surface area (Å²) >= 11 is 0. The molecule has 0 saturated carbocycles. The van der Waals surface area contributed by atoms with Crippen molar-refractivity contribution in [2.24, 2.45) is 0 Å². The van der Waals surface area contributed by atoms with Crippen molar-refractivity contribution in [2.75, 3.05) is 0 Å². The highest BCUT2D eigenvalue weighted by molar-refractivity contribution is 6.28. The molecule has 0 bridgehead atoms. The van der Waals surface area contributed by atoms with E-state index < -0.39 is 0 Å². The molecule has 9 aromatic carbocycles. The number of rotatable bonds is 2. The van der Waals surface area contributed by atoms with Gasteiger partial charge in [0.2, 0.25) is 0 Å². The van der Waals surface area contributed by atoms with Gasteiger partial charge in [0.05, 0.1) is 0 Å². The molecule has 2 heterocycles. The number of para-hydroxylation sites is 2. The maximum Gasteiger partial charge on any atom is 0.144 e. The van der Waals surface area contributed by atoms with Crippen molar-refractivity contribution in [1.82, 2.24) is 0 Å². The lowest BCUT2D eigenvalue weighted by Crippen LogP contribution is -1.89. The van der Waals surface area contributed by atoms with Gasteiger partial charge in [0.1, 0.15) is 22.3 Å². The topological polar surface area (TPSA) is 26.3 Å². The van der Waals surface area contributed by atoms with Crippen LogP contribution in [0.15, 0.2) is 154 Å². The molecule has 0 atom stereocenters. The highest BCUT2D eigenvalue weighted by atomic mass is 16.3. The summed E-state index contributed by atoms with van der Waals surface area (Å²) in [5.41, 5.74) is 7.97. The average molecular weight is 585 g/mol. The fraction of sp³-hybridized carbons (Fsp3) is 0. The molecule has 0 aliphatic carbocycles. The Morgan fingerprint density at radius 1 is 0.283 bits per heavy atom. The van der Waals surface area contributed by atoms with Crippen LogP contribution in [0.4, 0.5) is 0 Å². The summed E-state index contributed by atoms with van der Waals surface area (Å²) < 4.78 is 13.4. The summed E-state index contributed by atoms with van der Waals surface area (Å²) in [7, 11) is 0. The highest BCUT2D eigenvalue weighted by Gasteiger charge is 2.22. The molecule has 0 N–H and O–H groups in total. The summed E-state index contributed by atoms with van der Waals surface area (Å²) in [6.45, 7) is 0. The van der Waals surface area contributed by atoms with E-state index >= 15 is 0 Å². The standard InChI is InChI=1S/C44H24O2/c1-2-8-29-24-39-37(23-28(29)7-1)42-33(30-19-17-27-16-15-25-9-5-10-26-18-20-32(30)41(27)40(25)26)21-22-36(44(42)46-39)35-13-6-12-34-31-11-3-4-14-38(31)45-43(34)35/h1-24H. The van der Waals surface area contributed by atoms with Gasteiger partial charge in [-0.25, -0.2) is 0 Å². The fourth-order valence-corrected chi connectivity index (χ4v) is 7.93. The first kappa shape index (κ1) is 24.2. The Labute approximate surface area is 263 Å². The fourth-order valence-electron chi connectivity index (χ4n) is 7.93. The van der Waals surface area contributed by atoms with E-state index in [1.165, 1.54) is 54.2 Å². The molecule has 2 nitrogen and oxygen atoms in total. The van der Waals surface area contributed by atoms with Gasteiger partial charge in [-0.3, -0.25) is 0 Å². The monoisotopic (exact) mass is 584 g/mol. The zero-order valence-electron chi connectivity index (χ0n) is 24.7. The van der Waals surface area contributed by atoms with Crippen molar-refractivity contribution >= 4 is 87.0 Å². The predicted molar refractivity (Wildman–Crippen MR) is 193 cm³/mol. The van der Waals surface area contributed by atoms with E-state index in [1.807, 2.05) is 12.1 Å². The SMILES string of the molecule is c1ccc2cc3c(cc2c1)oc1c(-c2cccc4c2oc2ccccc24)ccc(-c2ccc4ccc5cccc6ccc2c4c56)c13. The lowest BCUT2D eigenvalue weighted by Gasteiger charge is -2.15. The van der Waals surface area contributed by atoms with Crippen LogP contribution in [-0.2, 0) is 0 Å². The molecule has 11 rings (SSSR count). The average Bonchev–Trinajstić information content (AvgIpc) is 3.68. The van der Waals surface area contributed by atoms with Gasteiger partial charge in [0, 0.05) is 32.7 Å². The summed E-state index contributed by atoms with van der Waals surface area (Å²) in [4.78, 5) is 0. The molecule has 0 spiro atoms. The predicted octanol–water partition coefficient (Wildman–Crippen LogP) is 12.9. The maximum absolute atomic E-state index is 6.91. The second kappa shape index (κ2) is 8.74. The zero-order valence-corrected chi connectivity index (χ0v) is 24.7. The molecule has 0 aliphatic heterocycles. The van der Waals surface area contributed by atoms with Crippen molar-refractivity contribution < 1.29 is 8.83 Å². The van der Waals surface area contributed by atoms with Crippen LogP contribution in [0, 0.1) is 0 Å². The quantitative estimate of drug-likeness (QED) is 0.189. The lowest BCUT2D eigenvalue weighted by molar-refractivity contribution is 0.665. The molecule has 0 radical (unpaired) electrons. The number of hydrogen-bond acceptors (Lipinski definition) is 2. The van der Waals surface area contributed by atoms with Gasteiger partial charge in [0.15, 0.2) is 0 Å². The molecule has 11 aromatic rings. The minimum Gasteiger partial charge on any atom is -0.455 e. The van der Waals surface area contributed by atoms with Gasteiger partial charge < -0.3 is 8.83 Å². The first-order valence-electron chi connectivity index (χ1n) is 15.8. The molecule has 0 amide bonds. The Hall–Kier alpha value is -6.12. The van der Waals surface area contributed by atoms with Gasteiger partial charge in [-0.2, -0.15) is 0 Å². The van der Waals surface area contributed by atoms with Crippen molar-refractivity contribution in [3.63, 3.8) is 0 Å². The first-order valence-corrected chi connectivity index (χ1v) is 15.8. The van der Waals surface area contributed by atoms with Crippen LogP contribution in [0.5, 0.6) is 0 Å². The third-order valence-electron chi connectivity index (χ3n) is 10.0. The smallest absolute Gasteiger partial charge is 0.144 e. The van der Waals surface area contributed by atoms with Crippen molar-refractivity contribution in [3.8, 4) is 22.3 Å². The van der Waals surface area contributed by atoms with Crippen LogP contribution in [0.1, 0.15) is 0 Å². The molecule has 2 heteroatoms. The number of hydrogen-bond donors (Lipinski definition) is 0. The van der Waals surface area contributed by atoms with E-state index in [1.54, 1.807) is 0 Å². The third-order valence-corrected chi connectivity index (χ3v) is 10.0. The largest absolute Gasteiger partial charge is 0.455 e. The van der Waals surface area contributed by atoms with E-state index in [0.717, 1.165) is 55.0 Å². The Morgan fingerprint density at radius 3 is 1.78 bits per heavy atom. The van der Waals surface area contributed by atoms with Crippen molar-refractivity contribution in [3.05, 3.63) is 146 Å². The molecule has 0 saturated heterocycles. The van der Waals surface area contributed by atoms with E-state index in [0.29, 0.717) is 0 Å². The first-order chi connectivity index (χ1) is 22.8. The minimum absolute atomic E-state index is 0.876. The van der Waals surface area contributed by atoms with Crippen LogP contribution in [0.3, 0.4) is 0 Å². The third kappa shape index (κ3) is 3.15. The Morgan fingerprint density at radius 2 is 0.891 bits per heavy atom. The zero-order chi connectivity index (χ0) is 29.9. The van der Waals surface area contributed by atoms with E-state index in [9.17, 15) is 0 Å². The number of fused-ring (bicyclic) bond motifs is 7. The minimum atomic E-state index is 0.876. The van der Waals surface area contributed by atoms with E-state index in [-0.39, 0.29) is 0 Å². The van der Waals surface area contributed by atoms with Crippen LogP contribution in [-0.4, -0.2) is 0 Å². The normalized spacial score (nSPS) is 12.3. The molecule has 0 unspecified atom stereocenters. The Kier molecular flexibility index (Phi) is 4.61. The van der Waals surface area contributed by atoms with Crippen molar-refractivity contribution in [2.45, 2.75) is 0 Å². The van der Waals surface area contributed by atoms with Crippen LogP contribution in [0.2, 0.25) is 0 Å². The number of benzene rings is 9. The van der Waals surface area contributed by atoms with E-state index in [2.05, 4.69) is 133 Å². The number of furan rings is 2. The molecule has 0 aliphatic rings. The van der Waals surface area contributed by atoms with Crippen LogP contribution in [0.25, 0.3) is 109 Å². The maximum atomic E-state index is 6.91. The van der Waals surface area contributed by atoms with Gasteiger partial charge >= 0.3 is 0 Å². The Bertz CT molecular complexity index is 3010. The molecule has 0 fully saturated rings. The lowest BCUT2D eigenvalue weighted by atomic mass is 9.87. The van der Waals surface area contributed by atoms with Crippen molar-refractivity contribution in [1.29, 1.82) is 0 Å². The Balaban J connectivity index is 1.29. The molecular formula is C44H24O2. The van der Waals surface area contributed by atoms with Gasteiger partial charge in [-0.1, -0.05) is 121 Å². The van der Waals surface area contributed by atoms with Crippen LogP contribution >= 0.6 is 0 Å². The molecule has 212 valence electrons. The molecule has 46 heavy (non-hydrogen) atoms. The summed E-state index contributed by atoms with van der Waals surface area (Å²) in [6.07, 6.45) is 0. The van der Waals surface area contributed by atoms with E-state index in [4.69, 9.17) is 8.83 Å². The van der Waals surface area contributed by atoms with Gasteiger partial charge in [0.25, 0.3) is 0 Å². The van der Waals surface area contributed by atoms with Gasteiger partial charge in [-0.05, 0) is 78.5 Å². The molecule has 2 aromatic heterocycles. The summed E-state index contributed by atoms with van der Waals surface area (Å²) in [6, 6.07) is 52.4. The summed E-state index contributed by atoms with van der Waals surface area (Å²) in [5, 5.41) is 14.5. The second-order valence-electron chi connectivity index (χ2n) is 12.4. The second-order valence-corrected chi connectivity index (χ2v) is 12.4. The summed E-state index contributed by atoms with van der Waals surface area (Å²) in [5.74, 6) is 0. The van der Waals surface area contributed by atoms with Crippen LogP contribution < -0.4 is 0 Å². The van der Waals surface area contributed by atoms with Gasteiger partial charge in [-0.15, -0.1) is 0 Å². The highest BCUT2D eigenvalue weighted by Crippen LogP contribution is 2.47.